The van der Waals surface area contributed by atoms with Crippen LogP contribution in [0.3, 0.4) is 0 Å². The molecule has 0 radical (unpaired) electrons. The SMILES string of the molecule is COC(=O)c1ccc(CN(C(=O)N2CC[C@@H](N(C)C)C2)c2cccc(Cl)c2F)c(F)c1.COC(=O)c1ccc(CN(C(=O)Oc2ccc(C)cc2)c2cccc(Cl)c2F)c(F)c1. The number of likely N-dealkylation sites (N-methyl/N-ethyl adjacent to an activating group) is 1. The van der Waals surface area contributed by atoms with Gasteiger partial charge in [-0.25, -0.2) is 36.7 Å². The van der Waals surface area contributed by atoms with E-state index in [1.807, 2.05) is 25.9 Å². The van der Waals surface area contributed by atoms with Crippen LogP contribution in [0.5, 0.6) is 5.75 Å². The third kappa shape index (κ3) is 11.4. The molecule has 3 amide bonds. The largest absolute Gasteiger partial charge is 0.465 e. The summed E-state index contributed by atoms with van der Waals surface area (Å²) in [5, 5.41) is -0.337. The molecule has 0 bridgehead atoms. The number of carbonyl (C=O) groups excluding carboxylic acids is 4. The first-order chi connectivity index (χ1) is 29.5. The average molecular weight is 898 g/mol. The normalized spacial score (nSPS) is 13.2. The Morgan fingerprint density at radius 3 is 1.63 bits per heavy atom. The van der Waals surface area contributed by atoms with Crippen LogP contribution in [-0.4, -0.2) is 81.3 Å². The summed E-state index contributed by atoms with van der Waals surface area (Å²) in [4.78, 5) is 55.2. The first kappa shape index (κ1) is 46.9. The molecule has 0 N–H and O–H groups in total. The summed E-state index contributed by atoms with van der Waals surface area (Å²) in [6.45, 7) is 2.26. The fraction of sp³-hybridized carbons (Fsp3) is 0.244. The minimum Gasteiger partial charge on any atom is -0.465 e. The Morgan fingerprint density at radius 1 is 0.694 bits per heavy atom. The van der Waals surface area contributed by atoms with Crippen LogP contribution in [0.15, 0.2) is 97.1 Å². The molecule has 0 aromatic heterocycles. The van der Waals surface area contributed by atoms with Gasteiger partial charge in [-0.2, -0.15) is 0 Å². The van der Waals surface area contributed by atoms with E-state index in [1.54, 1.807) is 29.2 Å². The molecule has 0 saturated carbocycles. The topological polar surface area (TPSA) is 109 Å². The number of aryl methyl sites for hydroxylation is 1. The summed E-state index contributed by atoms with van der Waals surface area (Å²) >= 11 is 11.8. The van der Waals surface area contributed by atoms with Crippen LogP contribution in [0.4, 0.5) is 38.5 Å². The first-order valence-electron chi connectivity index (χ1n) is 18.9. The van der Waals surface area contributed by atoms with Crippen LogP contribution in [0.25, 0.3) is 0 Å². The minimum absolute atomic E-state index is 0.00599. The lowest BCUT2D eigenvalue weighted by Crippen LogP contribution is -2.43. The van der Waals surface area contributed by atoms with E-state index in [1.165, 1.54) is 79.8 Å². The number of rotatable bonds is 10. The van der Waals surface area contributed by atoms with Gasteiger partial charge in [-0.15, -0.1) is 0 Å². The second kappa shape index (κ2) is 21.1. The molecule has 1 saturated heterocycles. The molecule has 1 fully saturated rings. The van der Waals surface area contributed by atoms with E-state index in [0.717, 1.165) is 29.0 Å². The van der Waals surface area contributed by atoms with Gasteiger partial charge < -0.3 is 24.0 Å². The fourth-order valence-electron chi connectivity index (χ4n) is 6.36. The third-order valence-corrected chi connectivity index (χ3v) is 10.5. The van der Waals surface area contributed by atoms with Gasteiger partial charge in [0.1, 0.15) is 17.4 Å². The van der Waals surface area contributed by atoms with Gasteiger partial charge in [0.2, 0.25) is 0 Å². The summed E-state index contributed by atoms with van der Waals surface area (Å²) in [6, 6.07) is 22.4. The summed E-state index contributed by atoms with van der Waals surface area (Å²) in [7, 11) is 6.25. The summed E-state index contributed by atoms with van der Waals surface area (Å²) in [6.07, 6.45) is -0.145. The Labute approximate surface area is 365 Å². The molecular weight excluding hydrogens is 855 g/mol. The highest BCUT2D eigenvalue weighted by Gasteiger charge is 2.33. The number of likely N-dealkylation sites (tertiary alicyclic amines) is 1. The maximum atomic E-state index is 14.8. The predicted octanol–water partition coefficient (Wildman–Crippen LogP) is 10.1. The lowest BCUT2D eigenvalue weighted by Gasteiger charge is -2.29. The number of ether oxygens (including phenoxy) is 3. The first-order valence-corrected chi connectivity index (χ1v) is 19.7. The number of halogens is 6. The Bertz CT molecular complexity index is 2440. The highest BCUT2D eigenvalue weighted by atomic mass is 35.5. The lowest BCUT2D eigenvalue weighted by atomic mass is 10.1. The number of methoxy groups -OCH3 is 2. The van der Waals surface area contributed by atoms with Crippen LogP contribution in [0, 0.1) is 30.2 Å². The maximum Gasteiger partial charge on any atom is 0.420 e. The Kier molecular flexibility index (Phi) is 15.9. The maximum absolute atomic E-state index is 14.8. The molecule has 1 aliphatic rings. The number of benzene rings is 5. The van der Waals surface area contributed by atoms with E-state index in [4.69, 9.17) is 27.9 Å². The van der Waals surface area contributed by atoms with Crippen molar-refractivity contribution in [2.75, 3.05) is 51.2 Å². The van der Waals surface area contributed by atoms with E-state index in [0.29, 0.717) is 13.1 Å². The molecule has 5 aromatic rings. The van der Waals surface area contributed by atoms with Crippen molar-refractivity contribution < 1.29 is 51.0 Å². The minimum atomic E-state index is -0.929. The van der Waals surface area contributed by atoms with E-state index >= 15 is 0 Å². The molecule has 1 atom stereocenters. The van der Waals surface area contributed by atoms with E-state index in [-0.39, 0.29) is 68.6 Å². The van der Waals surface area contributed by atoms with Crippen molar-refractivity contribution in [1.29, 1.82) is 0 Å². The third-order valence-electron chi connectivity index (χ3n) is 9.89. The zero-order chi connectivity index (χ0) is 45.2. The van der Waals surface area contributed by atoms with E-state index in [9.17, 15) is 36.7 Å². The van der Waals surface area contributed by atoms with Gasteiger partial charge in [-0.3, -0.25) is 9.80 Å². The summed E-state index contributed by atoms with van der Waals surface area (Å²) in [5.74, 6) is -4.21. The molecule has 17 heteroatoms. The number of esters is 2. The van der Waals surface area contributed by atoms with Crippen molar-refractivity contribution >= 4 is 58.6 Å². The number of urea groups is 1. The molecule has 11 nitrogen and oxygen atoms in total. The molecule has 6 rings (SSSR count). The lowest BCUT2D eigenvalue weighted by molar-refractivity contribution is 0.0591. The summed E-state index contributed by atoms with van der Waals surface area (Å²) in [5.41, 5.74) is 0.959. The Hall–Kier alpha value is -6.16. The molecule has 5 aromatic carbocycles. The van der Waals surface area contributed by atoms with E-state index < -0.39 is 47.3 Å². The number of hydrogen-bond donors (Lipinski definition) is 0. The monoisotopic (exact) mass is 896 g/mol. The second-order valence-electron chi connectivity index (χ2n) is 14.2. The van der Waals surface area contributed by atoms with Crippen molar-refractivity contribution in [3.63, 3.8) is 0 Å². The molecular formula is C45H42Cl2F4N4O7. The molecule has 62 heavy (non-hydrogen) atoms. The van der Waals surface area contributed by atoms with Gasteiger partial charge >= 0.3 is 24.1 Å². The molecule has 0 spiro atoms. The van der Waals surface area contributed by atoms with Gasteiger partial charge in [-0.05, 0) is 88.1 Å². The molecule has 1 heterocycles. The van der Waals surface area contributed by atoms with Crippen molar-refractivity contribution in [2.45, 2.75) is 32.5 Å². The van der Waals surface area contributed by atoms with Gasteiger partial charge in [0.05, 0.1) is 59.9 Å². The fourth-order valence-corrected chi connectivity index (χ4v) is 6.70. The van der Waals surface area contributed by atoms with Crippen LogP contribution < -0.4 is 14.5 Å². The molecule has 1 aliphatic heterocycles. The summed E-state index contributed by atoms with van der Waals surface area (Å²) < 4.78 is 73.4. The van der Waals surface area contributed by atoms with Crippen LogP contribution >= 0.6 is 23.2 Å². The zero-order valence-corrected chi connectivity index (χ0v) is 35.8. The number of hydrogen-bond acceptors (Lipinski definition) is 8. The second-order valence-corrected chi connectivity index (χ2v) is 15.0. The van der Waals surface area contributed by atoms with Crippen molar-refractivity contribution in [2.24, 2.45) is 0 Å². The number of anilines is 2. The zero-order valence-electron chi connectivity index (χ0n) is 34.3. The van der Waals surface area contributed by atoms with Crippen molar-refractivity contribution in [3.05, 3.63) is 158 Å². The van der Waals surface area contributed by atoms with Gasteiger partial charge in [-0.1, -0.05) is 65.2 Å². The number of nitrogens with zero attached hydrogens (tertiary/aromatic N) is 4. The number of amides is 3. The predicted molar refractivity (Wildman–Crippen MR) is 227 cm³/mol. The average Bonchev–Trinajstić information content (AvgIpc) is 3.76. The highest BCUT2D eigenvalue weighted by Crippen LogP contribution is 2.31. The van der Waals surface area contributed by atoms with Crippen LogP contribution in [0.1, 0.15) is 43.8 Å². The smallest absolute Gasteiger partial charge is 0.420 e. The van der Waals surface area contributed by atoms with Gasteiger partial charge in [0.25, 0.3) is 0 Å². The Balaban J connectivity index is 0.000000234. The number of carbonyl (C=O) groups is 4. The quantitative estimate of drug-likeness (QED) is 0.101. The van der Waals surface area contributed by atoms with E-state index in [2.05, 4.69) is 9.47 Å². The van der Waals surface area contributed by atoms with Crippen molar-refractivity contribution in [3.8, 4) is 5.75 Å². The van der Waals surface area contributed by atoms with Gasteiger partial charge in [0, 0.05) is 30.3 Å². The van der Waals surface area contributed by atoms with Crippen LogP contribution in [0.2, 0.25) is 10.0 Å². The van der Waals surface area contributed by atoms with Crippen molar-refractivity contribution in [1.82, 2.24) is 9.80 Å². The molecule has 0 unspecified atom stereocenters. The molecule has 326 valence electrons. The van der Waals surface area contributed by atoms with Gasteiger partial charge in [0.15, 0.2) is 11.6 Å². The Morgan fingerprint density at radius 2 is 1.18 bits per heavy atom. The van der Waals surface area contributed by atoms with Crippen LogP contribution in [-0.2, 0) is 22.6 Å². The molecule has 0 aliphatic carbocycles. The highest BCUT2D eigenvalue weighted by molar-refractivity contribution is 6.31. The standard InChI is InChI=1S/C23H18ClF2NO4.C22H24ClF2N3O3/c1-14-6-10-17(11-7-14)31-23(29)27(20-5-3-4-18(24)21(20)26)13-16-9-8-15(12-19(16)25)22(28)30-2;1-26(2)16-9-10-27(13-16)22(30)28(19-6-4-5-17(23)20(19)25)12-15-8-7-14(11-18(15)24)21(29)31-3/h3-12H,13H2,1-2H3;4-8,11,16H,9-10,12-13H2,1-3H3/t;16-/m.1/s1.